The van der Waals surface area contributed by atoms with Crippen molar-refractivity contribution in [1.82, 2.24) is 39.6 Å². The molecule has 2 amide bonds. The number of halogens is 4. The summed E-state index contributed by atoms with van der Waals surface area (Å²) in [7, 11) is 2.80. The Balaban J connectivity index is 0.000000169. The van der Waals surface area contributed by atoms with Gasteiger partial charge in [0.1, 0.15) is 45.4 Å². The molecule has 18 heteroatoms. The fourth-order valence-electron chi connectivity index (χ4n) is 9.17. The van der Waals surface area contributed by atoms with Crippen molar-refractivity contribution < 1.29 is 46.1 Å². The molecule has 2 aliphatic heterocycles. The van der Waals surface area contributed by atoms with Gasteiger partial charge in [-0.15, -0.1) is 0 Å². The van der Waals surface area contributed by atoms with E-state index in [-0.39, 0.29) is 46.2 Å². The maximum Gasteiger partial charge on any atom is 0.387 e. The first-order chi connectivity index (χ1) is 32.4. The van der Waals surface area contributed by atoms with Gasteiger partial charge in [0.2, 0.25) is 0 Å². The number of carbonyl (C=O) groups excluding carboxylic acids is 2. The Labute approximate surface area is 385 Å². The molecule has 2 aromatic carbocycles. The van der Waals surface area contributed by atoms with Crippen molar-refractivity contribution in [3.8, 4) is 45.5 Å². The second-order valence-electron chi connectivity index (χ2n) is 17.7. The van der Waals surface area contributed by atoms with Gasteiger partial charge in [0, 0.05) is 53.7 Å². The predicted octanol–water partition coefficient (Wildman–Crippen LogP) is 8.98. The fourth-order valence-corrected chi connectivity index (χ4v) is 9.17. The summed E-state index contributed by atoms with van der Waals surface area (Å²) in [5, 5.41) is 9.10. The molecule has 354 valence electrons. The zero-order chi connectivity index (χ0) is 46.9. The van der Waals surface area contributed by atoms with Gasteiger partial charge in [-0.05, 0) is 138 Å². The van der Waals surface area contributed by atoms with Gasteiger partial charge in [0.25, 0.3) is 11.8 Å². The Morgan fingerprint density at radius 1 is 0.672 bits per heavy atom. The molecule has 4 aliphatic rings. The van der Waals surface area contributed by atoms with E-state index < -0.39 is 25.0 Å². The highest BCUT2D eigenvalue weighted by Crippen LogP contribution is 2.40. The van der Waals surface area contributed by atoms with Gasteiger partial charge in [-0.2, -0.15) is 17.6 Å². The number of aromatic nitrogens is 4. The summed E-state index contributed by atoms with van der Waals surface area (Å²) >= 11 is 0. The third-order valence-electron chi connectivity index (χ3n) is 12.8. The van der Waals surface area contributed by atoms with Crippen molar-refractivity contribution in [2.45, 2.75) is 109 Å². The van der Waals surface area contributed by atoms with E-state index in [4.69, 9.17) is 18.9 Å². The molecule has 2 saturated carbocycles. The third kappa shape index (κ3) is 10.0. The molecule has 0 bridgehead atoms. The first-order valence-corrected chi connectivity index (χ1v) is 22.8. The molecule has 4 aromatic heterocycles. The number of hydrogen-bond donors (Lipinski definition) is 3. The minimum Gasteiger partial charge on any atom is -0.496 e. The SMILES string of the molecule is COc1cc(-c2cnc3cc(C4CCCN4)ccn23)cc(OC(F)F)c1C(=O)NC1CC1.COc1cc(-c2cnc3cc(C4CCCN4C(C)C)ccn23)cc(OC(F)F)c1C(=O)NC1CC1. The molecule has 2 unspecified atom stereocenters. The molecule has 10 rings (SSSR count). The second kappa shape index (κ2) is 19.4. The van der Waals surface area contributed by atoms with Crippen LogP contribution in [0.4, 0.5) is 17.6 Å². The normalized spacial score (nSPS) is 18.4. The summed E-state index contributed by atoms with van der Waals surface area (Å²) in [6.07, 6.45) is 15.2. The highest BCUT2D eigenvalue weighted by Gasteiger charge is 2.32. The van der Waals surface area contributed by atoms with Gasteiger partial charge >= 0.3 is 13.2 Å². The average Bonchev–Trinajstić information content (AvgIpc) is 3.97. The minimum atomic E-state index is -3.08. The minimum absolute atomic E-state index is 0.0328. The summed E-state index contributed by atoms with van der Waals surface area (Å²) < 4.78 is 77.0. The van der Waals surface area contributed by atoms with Crippen LogP contribution in [0.15, 0.2) is 73.3 Å². The molecule has 6 aromatic rings. The zero-order valence-electron chi connectivity index (χ0n) is 37.7. The Morgan fingerprint density at radius 3 is 1.61 bits per heavy atom. The highest BCUT2D eigenvalue weighted by atomic mass is 19.3. The van der Waals surface area contributed by atoms with Crippen LogP contribution in [0, 0.1) is 0 Å². The molecule has 2 atom stereocenters. The average molecular weight is 927 g/mol. The molecule has 0 radical (unpaired) electrons. The number of pyridine rings is 2. The van der Waals surface area contributed by atoms with Crippen molar-refractivity contribution in [3.63, 3.8) is 0 Å². The number of ether oxygens (including phenoxy) is 4. The van der Waals surface area contributed by atoms with E-state index in [9.17, 15) is 27.2 Å². The maximum absolute atomic E-state index is 13.3. The van der Waals surface area contributed by atoms with Crippen molar-refractivity contribution in [3.05, 3.63) is 95.6 Å². The molecular weight excluding hydrogens is 873 g/mol. The standard InChI is InChI=1S/C26H30F2N4O3.C23H24F2N4O3/c1-15(2)31-9-4-5-19(31)16-8-10-32-20(14-29-23(32)13-16)17-11-21(34-3)24(22(12-17)35-26(27)28)25(33)30-18-6-7-18;1-31-18-9-14(10-19(32-23(24)25)21(18)22(30)28-15-4-5-15)17-12-27-20-11-13(6-8-29(17)20)16-3-2-7-26-16/h8,10-15,18-19,26H,4-7,9H2,1-3H3,(H,30,33);6,8-12,15-16,23,26H,2-5,7H2,1H3,(H,28,30). The quantitative estimate of drug-likeness (QED) is 0.0854. The van der Waals surface area contributed by atoms with Gasteiger partial charge in [0.05, 0.1) is 38.0 Å². The van der Waals surface area contributed by atoms with Gasteiger partial charge in [-0.25, -0.2) is 9.97 Å². The smallest absolute Gasteiger partial charge is 0.387 e. The van der Waals surface area contributed by atoms with Crippen LogP contribution in [0.5, 0.6) is 23.0 Å². The van der Waals surface area contributed by atoms with Crippen LogP contribution < -0.4 is 34.9 Å². The Bertz CT molecular complexity index is 2770. The van der Waals surface area contributed by atoms with Crippen LogP contribution in [0.2, 0.25) is 0 Å². The van der Waals surface area contributed by atoms with E-state index in [0.29, 0.717) is 40.6 Å². The Morgan fingerprint density at radius 2 is 1.16 bits per heavy atom. The van der Waals surface area contributed by atoms with E-state index in [0.717, 1.165) is 69.3 Å². The lowest BCUT2D eigenvalue weighted by Crippen LogP contribution is -2.30. The second-order valence-corrected chi connectivity index (χ2v) is 17.7. The first-order valence-electron chi connectivity index (χ1n) is 22.8. The van der Waals surface area contributed by atoms with Crippen LogP contribution >= 0.6 is 0 Å². The number of fused-ring (bicyclic) bond motifs is 2. The number of carbonyl (C=O) groups is 2. The maximum atomic E-state index is 13.3. The van der Waals surface area contributed by atoms with Gasteiger partial charge in [-0.1, -0.05) is 0 Å². The number of amides is 2. The predicted molar refractivity (Wildman–Crippen MR) is 242 cm³/mol. The molecule has 2 aliphatic carbocycles. The topological polar surface area (TPSA) is 145 Å². The number of nitrogens with one attached hydrogen (secondary N) is 3. The van der Waals surface area contributed by atoms with Crippen LogP contribution in [0.3, 0.4) is 0 Å². The van der Waals surface area contributed by atoms with E-state index >= 15 is 0 Å². The Hall–Kier alpha value is -6.40. The Kier molecular flexibility index (Phi) is 13.3. The van der Waals surface area contributed by atoms with Crippen molar-refractivity contribution >= 4 is 23.1 Å². The van der Waals surface area contributed by atoms with Gasteiger partial charge in [-0.3, -0.25) is 23.3 Å². The number of alkyl halides is 4. The van der Waals surface area contributed by atoms with Crippen LogP contribution in [0.25, 0.3) is 33.8 Å². The molecule has 2 saturated heterocycles. The number of likely N-dealkylation sites (tertiary alicyclic amines) is 1. The van der Waals surface area contributed by atoms with Gasteiger partial charge in [0.15, 0.2) is 0 Å². The lowest BCUT2D eigenvalue weighted by Gasteiger charge is -2.28. The van der Waals surface area contributed by atoms with Crippen molar-refractivity contribution in [2.75, 3.05) is 27.3 Å². The number of nitrogens with zero attached hydrogens (tertiary/aromatic N) is 5. The molecule has 4 fully saturated rings. The summed E-state index contributed by atoms with van der Waals surface area (Å²) in [5.74, 6) is -1.09. The van der Waals surface area contributed by atoms with Crippen molar-refractivity contribution in [2.24, 2.45) is 0 Å². The van der Waals surface area contributed by atoms with Crippen LogP contribution in [-0.4, -0.2) is 94.1 Å². The number of methoxy groups -OCH3 is 2. The fraction of sp³-hybridized carbons (Fsp3) is 0.429. The first kappa shape index (κ1) is 45.7. The summed E-state index contributed by atoms with van der Waals surface area (Å²) in [6.45, 7) is 0.356. The lowest BCUT2D eigenvalue weighted by atomic mass is 10.0. The third-order valence-corrected chi connectivity index (χ3v) is 12.8. The zero-order valence-corrected chi connectivity index (χ0v) is 37.7. The van der Waals surface area contributed by atoms with E-state index in [1.165, 1.54) is 43.9 Å². The van der Waals surface area contributed by atoms with E-state index in [1.54, 1.807) is 24.5 Å². The number of benzene rings is 2. The monoisotopic (exact) mass is 926 g/mol. The molecular formula is C49H54F4N8O6. The summed E-state index contributed by atoms with van der Waals surface area (Å²) in [5.41, 5.74) is 6.30. The van der Waals surface area contributed by atoms with Crippen LogP contribution in [0.1, 0.15) is 109 Å². The summed E-state index contributed by atoms with van der Waals surface area (Å²) in [6, 6.07) is 15.7. The van der Waals surface area contributed by atoms with E-state index in [2.05, 4.69) is 56.8 Å². The largest absolute Gasteiger partial charge is 0.496 e. The molecule has 3 N–H and O–H groups in total. The molecule has 14 nitrogen and oxygen atoms in total. The summed E-state index contributed by atoms with van der Waals surface area (Å²) in [4.78, 5) is 37.1. The van der Waals surface area contributed by atoms with Crippen LogP contribution in [-0.2, 0) is 0 Å². The number of rotatable bonds is 15. The number of imidazole rings is 2. The molecule has 6 heterocycles. The van der Waals surface area contributed by atoms with Crippen molar-refractivity contribution in [1.29, 1.82) is 0 Å². The number of hydrogen-bond acceptors (Lipinski definition) is 10. The molecule has 0 spiro atoms. The lowest BCUT2D eigenvalue weighted by molar-refractivity contribution is -0.0509. The molecule has 67 heavy (non-hydrogen) atoms. The highest BCUT2D eigenvalue weighted by molar-refractivity contribution is 6.01. The van der Waals surface area contributed by atoms with E-state index in [1.807, 2.05) is 33.3 Å². The van der Waals surface area contributed by atoms with Gasteiger partial charge < -0.3 is 34.9 Å².